The second kappa shape index (κ2) is 6.35. The van der Waals surface area contributed by atoms with Crippen LogP contribution in [0.25, 0.3) is 0 Å². The molecule has 0 spiro atoms. The molecule has 1 fully saturated rings. The Kier molecular flexibility index (Phi) is 4.75. The molecule has 1 aromatic rings. The molecule has 1 heterocycles. The molecule has 1 N–H and O–H groups in total. The molecule has 0 aromatic heterocycles. The normalized spacial score (nSPS) is 18.3. The van der Waals surface area contributed by atoms with Gasteiger partial charge < -0.3 is 10.0 Å². The van der Waals surface area contributed by atoms with Crippen LogP contribution in [0.2, 0.25) is 0 Å². The predicted molar refractivity (Wildman–Crippen MR) is 75.0 cm³/mol. The van der Waals surface area contributed by atoms with Crippen molar-refractivity contribution in [1.29, 1.82) is 0 Å². The van der Waals surface area contributed by atoms with Crippen molar-refractivity contribution in [2.45, 2.75) is 19.3 Å². The average molecular weight is 344 g/mol. The van der Waals surface area contributed by atoms with Crippen LogP contribution in [0, 0.1) is 11.7 Å². The van der Waals surface area contributed by atoms with Gasteiger partial charge >= 0.3 is 5.97 Å². The number of nitrogens with zero attached hydrogens (tertiary/aromatic N) is 1. The molecule has 108 valence electrons. The van der Waals surface area contributed by atoms with E-state index in [1.807, 2.05) is 0 Å². The Bertz CT molecular complexity index is 535. The number of hydrogen-bond acceptors (Lipinski definition) is 2. The topological polar surface area (TPSA) is 57.6 Å². The number of halogens is 2. The van der Waals surface area contributed by atoms with Gasteiger partial charge in [0.25, 0.3) is 5.91 Å². The molecule has 1 aliphatic rings. The highest BCUT2D eigenvalue weighted by atomic mass is 79.9. The molecule has 4 nitrogen and oxygen atoms in total. The standard InChI is InChI=1S/C14H15BrFNO3/c15-12-7-10(16)2-3-11(12)14(20)17-6-5-9(8-17)1-4-13(18)19/h2-3,7,9H,1,4-6,8H2,(H,18,19). The number of carbonyl (C=O) groups excluding carboxylic acids is 1. The Labute approximate surface area is 124 Å². The van der Waals surface area contributed by atoms with E-state index in [1.54, 1.807) is 4.90 Å². The Morgan fingerprint density at radius 1 is 1.45 bits per heavy atom. The number of likely N-dealkylation sites (tertiary alicyclic amines) is 1. The van der Waals surface area contributed by atoms with Crippen LogP contribution in [0.1, 0.15) is 29.6 Å². The van der Waals surface area contributed by atoms with Crippen molar-refractivity contribution in [3.05, 3.63) is 34.1 Å². The number of carboxylic acid groups (broad SMARTS) is 1. The van der Waals surface area contributed by atoms with Gasteiger partial charge in [0.05, 0.1) is 5.56 Å². The first-order valence-electron chi connectivity index (χ1n) is 6.43. The van der Waals surface area contributed by atoms with Crippen LogP contribution < -0.4 is 0 Å². The first-order valence-corrected chi connectivity index (χ1v) is 7.23. The third-order valence-electron chi connectivity index (χ3n) is 3.50. The molecular weight excluding hydrogens is 329 g/mol. The van der Waals surface area contributed by atoms with E-state index < -0.39 is 11.8 Å². The number of carboxylic acids is 1. The first kappa shape index (κ1) is 15.0. The minimum absolute atomic E-state index is 0.132. The van der Waals surface area contributed by atoms with Crippen LogP contribution in [0.3, 0.4) is 0 Å². The molecule has 0 bridgehead atoms. The zero-order valence-corrected chi connectivity index (χ0v) is 12.4. The zero-order valence-electron chi connectivity index (χ0n) is 10.8. The van der Waals surface area contributed by atoms with E-state index in [-0.39, 0.29) is 18.2 Å². The highest BCUT2D eigenvalue weighted by Crippen LogP contribution is 2.25. The molecule has 0 aliphatic carbocycles. The van der Waals surface area contributed by atoms with Gasteiger partial charge in [-0.15, -0.1) is 0 Å². The van der Waals surface area contributed by atoms with Crippen LogP contribution in [-0.2, 0) is 4.79 Å². The minimum atomic E-state index is -0.809. The van der Waals surface area contributed by atoms with E-state index in [1.165, 1.54) is 18.2 Å². The maximum atomic E-state index is 13.0. The molecule has 2 rings (SSSR count). The van der Waals surface area contributed by atoms with Gasteiger partial charge in [-0.25, -0.2) is 4.39 Å². The second-order valence-corrected chi connectivity index (χ2v) is 5.82. The molecule has 1 saturated heterocycles. The summed E-state index contributed by atoms with van der Waals surface area (Å²) in [5, 5.41) is 8.67. The van der Waals surface area contributed by atoms with Gasteiger partial charge in [-0.2, -0.15) is 0 Å². The number of hydrogen-bond donors (Lipinski definition) is 1. The summed E-state index contributed by atoms with van der Waals surface area (Å²) in [7, 11) is 0. The van der Waals surface area contributed by atoms with Crippen LogP contribution >= 0.6 is 15.9 Å². The molecule has 20 heavy (non-hydrogen) atoms. The van der Waals surface area contributed by atoms with Crippen LogP contribution in [0.5, 0.6) is 0 Å². The van der Waals surface area contributed by atoms with Gasteiger partial charge in [0.2, 0.25) is 0 Å². The highest BCUT2D eigenvalue weighted by molar-refractivity contribution is 9.10. The van der Waals surface area contributed by atoms with E-state index >= 15 is 0 Å². The van der Waals surface area contributed by atoms with Gasteiger partial charge in [-0.3, -0.25) is 9.59 Å². The van der Waals surface area contributed by atoms with Crippen molar-refractivity contribution >= 4 is 27.8 Å². The van der Waals surface area contributed by atoms with Crippen molar-refractivity contribution < 1.29 is 19.1 Å². The van der Waals surface area contributed by atoms with Crippen molar-refractivity contribution in [2.75, 3.05) is 13.1 Å². The summed E-state index contributed by atoms with van der Waals surface area (Å²) >= 11 is 3.19. The van der Waals surface area contributed by atoms with Crippen LogP contribution in [0.15, 0.2) is 22.7 Å². The lowest BCUT2D eigenvalue weighted by atomic mass is 10.0. The van der Waals surface area contributed by atoms with E-state index in [2.05, 4.69) is 15.9 Å². The second-order valence-electron chi connectivity index (χ2n) is 4.96. The molecule has 1 atom stereocenters. The summed E-state index contributed by atoms with van der Waals surface area (Å²) in [5.74, 6) is -1.12. The van der Waals surface area contributed by atoms with Gasteiger partial charge in [0.1, 0.15) is 5.82 Å². The number of rotatable bonds is 4. The summed E-state index contributed by atoms with van der Waals surface area (Å²) in [6.07, 6.45) is 1.54. The number of carbonyl (C=O) groups is 2. The van der Waals surface area contributed by atoms with Gasteiger partial charge in [0.15, 0.2) is 0 Å². The fourth-order valence-corrected chi connectivity index (χ4v) is 2.93. The lowest BCUT2D eigenvalue weighted by Gasteiger charge is -2.17. The maximum absolute atomic E-state index is 13.0. The van der Waals surface area contributed by atoms with Crippen molar-refractivity contribution in [1.82, 2.24) is 4.90 Å². The average Bonchev–Trinajstić information content (AvgIpc) is 2.84. The smallest absolute Gasteiger partial charge is 0.303 e. The largest absolute Gasteiger partial charge is 0.481 e. The van der Waals surface area contributed by atoms with E-state index in [0.717, 1.165) is 6.42 Å². The van der Waals surface area contributed by atoms with Gasteiger partial charge in [-0.05, 0) is 52.9 Å². The summed E-state index contributed by atoms with van der Waals surface area (Å²) in [6, 6.07) is 3.99. The van der Waals surface area contributed by atoms with E-state index in [4.69, 9.17) is 5.11 Å². The van der Waals surface area contributed by atoms with Crippen LogP contribution in [0.4, 0.5) is 4.39 Å². The lowest BCUT2D eigenvalue weighted by molar-refractivity contribution is -0.137. The summed E-state index contributed by atoms with van der Waals surface area (Å²) in [6.45, 7) is 1.18. The fraction of sp³-hybridized carbons (Fsp3) is 0.429. The van der Waals surface area contributed by atoms with Crippen LogP contribution in [-0.4, -0.2) is 35.0 Å². The maximum Gasteiger partial charge on any atom is 0.303 e. The molecule has 1 aromatic carbocycles. The SMILES string of the molecule is O=C(O)CCC1CCN(C(=O)c2ccc(F)cc2Br)C1. The molecule has 6 heteroatoms. The molecular formula is C14H15BrFNO3. The summed E-state index contributed by atoms with van der Waals surface area (Å²) in [4.78, 5) is 24.6. The lowest BCUT2D eigenvalue weighted by Crippen LogP contribution is -2.29. The van der Waals surface area contributed by atoms with Gasteiger partial charge in [0, 0.05) is 24.0 Å². The Morgan fingerprint density at radius 3 is 2.85 bits per heavy atom. The van der Waals surface area contributed by atoms with Crippen molar-refractivity contribution in [3.63, 3.8) is 0 Å². The first-order chi connectivity index (χ1) is 9.47. The van der Waals surface area contributed by atoms with Crippen molar-refractivity contribution in [2.24, 2.45) is 5.92 Å². The highest BCUT2D eigenvalue weighted by Gasteiger charge is 2.28. The van der Waals surface area contributed by atoms with E-state index in [9.17, 15) is 14.0 Å². The number of amides is 1. The number of aliphatic carboxylic acids is 1. The van der Waals surface area contributed by atoms with Gasteiger partial charge in [-0.1, -0.05) is 0 Å². The molecule has 1 unspecified atom stereocenters. The quantitative estimate of drug-likeness (QED) is 0.914. The van der Waals surface area contributed by atoms with Crippen molar-refractivity contribution in [3.8, 4) is 0 Å². The summed E-state index contributed by atoms with van der Waals surface area (Å²) in [5.41, 5.74) is 0.435. The molecule has 1 aliphatic heterocycles. The number of benzene rings is 1. The third kappa shape index (κ3) is 3.56. The minimum Gasteiger partial charge on any atom is -0.481 e. The third-order valence-corrected chi connectivity index (χ3v) is 4.16. The summed E-state index contributed by atoms with van der Waals surface area (Å²) < 4.78 is 13.5. The Balaban J connectivity index is 1.99. The molecule has 1 amide bonds. The van der Waals surface area contributed by atoms with E-state index in [0.29, 0.717) is 29.5 Å². The molecule has 0 saturated carbocycles. The Morgan fingerprint density at radius 2 is 2.20 bits per heavy atom. The monoisotopic (exact) mass is 343 g/mol. The fourth-order valence-electron chi connectivity index (χ4n) is 2.41. The zero-order chi connectivity index (χ0) is 14.7. The predicted octanol–water partition coefficient (Wildman–Crippen LogP) is 2.92. The molecule has 0 radical (unpaired) electrons. The Hall–Kier alpha value is -1.43.